The molecule has 1 aliphatic heterocycles. The van der Waals surface area contributed by atoms with Crippen molar-refractivity contribution in [3.05, 3.63) is 24.3 Å². The molecule has 1 aliphatic rings. The average Bonchev–Trinajstić information content (AvgIpc) is 2.64. The molecule has 0 fully saturated rings. The van der Waals surface area contributed by atoms with Crippen LogP contribution < -0.4 is 36.8 Å². The van der Waals surface area contributed by atoms with Gasteiger partial charge in [-0.15, -0.1) is 0 Å². The first kappa shape index (κ1) is 22.1. The number of hydrogen-bond acceptors (Lipinski definition) is 4. The van der Waals surface area contributed by atoms with Crippen molar-refractivity contribution in [1.82, 2.24) is 0 Å². The minimum atomic E-state index is 0.226. The molecule has 140 valence electrons. The summed E-state index contributed by atoms with van der Waals surface area (Å²) in [6.07, 6.45) is 0. The second kappa shape index (κ2) is 11.0. The minimum absolute atomic E-state index is 0.226. The maximum absolute atomic E-state index is 5.42. The molecule has 0 radical (unpaired) electrons. The summed E-state index contributed by atoms with van der Waals surface area (Å²) in [4.78, 5) is 0. The summed E-state index contributed by atoms with van der Waals surface area (Å²) in [7, 11) is 7.58. The second-order valence-electron chi connectivity index (χ2n) is 4.56. The van der Waals surface area contributed by atoms with Crippen LogP contribution in [0.4, 0.5) is 0 Å². The summed E-state index contributed by atoms with van der Waals surface area (Å²) in [5, 5.41) is 0. The number of methoxy groups -OCH3 is 4. The fourth-order valence-corrected chi connectivity index (χ4v) is 7.78. The Hall–Kier alpha value is 0.801. The molecule has 0 spiro atoms. The van der Waals surface area contributed by atoms with Gasteiger partial charge in [0.05, 0.1) is 0 Å². The Balaban J connectivity index is 0.000000701. The van der Waals surface area contributed by atoms with E-state index in [9.17, 15) is 0 Å². The Bertz CT molecular complexity index is 627. The van der Waals surface area contributed by atoms with Crippen LogP contribution in [-0.4, -0.2) is 58.4 Å². The van der Waals surface area contributed by atoms with Gasteiger partial charge in [-0.3, -0.25) is 0 Å². The maximum atomic E-state index is 5.42. The first-order chi connectivity index (χ1) is 12.1. The fraction of sp³-hybridized carbons (Fsp3) is 0.250. The van der Waals surface area contributed by atoms with E-state index in [1.165, 1.54) is 17.8 Å². The van der Waals surface area contributed by atoms with Crippen molar-refractivity contribution >= 4 is 86.8 Å². The van der Waals surface area contributed by atoms with E-state index < -0.39 is 0 Å². The van der Waals surface area contributed by atoms with Crippen molar-refractivity contribution in [3.8, 4) is 23.0 Å². The van der Waals surface area contributed by atoms with E-state index in [0.29, 0.717) is 0 Å². The topological polar surface area (TPSA) is 36.9 Å². The van der Waals surface area contributed by atoms with Crippen molar-refractivity contribution in [2.75, 3.05) is 28.4 Å². The number of rotatable bonds is 4. The molecule has 25 heavy (non-hydrogen) atoms. The molecule has 0 bridgehead atoms. The zero-order chi connectivity index (χ0) is 18.4. The third-order valence-electron chi connectivity index (χ3n) is 3.34. The van der Waals surface area contributed by atoms with Gasteiger partial charge in [0.1, 0.15) is 0 Å². The molecular formula is C16H16I2O4PdSe2. The molecule has 1 heterocycles. The third-order valence-corrected chi connectivity index (χ3v) is 9.33. The Morgan fingerprint density at radius 2 is 0.800 bits per heavy atom. The van der Waals surface area contributed by atoms with Gasteiger partial charge in [-0.1, -0.05) is 0 Å². The Kier molecular flexibility index (Phi) is 9.69. The van der Waals surface area contributed by atoms with Gasteiger partial charge in [0.2, 0.25) is 0 Å². The van der Waals surface area contributed by atoms with Crippen molar-refractivity contribution < 1.29 is 29.7 Å². The van der Waals surface area contributed by atoms with Crippen LogP contribution in [0.15, 0.2) is 24.3 Å². The predicted molar refractivity (Wildman–Crippen MR) is 117 cm³/mol. The zero-order valence-electron chi connectivity index (χ0n) is 13.8. The Morgan fingerprint density at radius 1 is 0.600 bits per heavy atom. The van der Waals surface area contributed by atoms with Crippen molar-refractivity contribution in [2.24, 2.45) is 0 Å². The standard InChI is InChI=1S/C16H16O4Se2.2HI.Pd/c1-17-9-5-13-14(6-10(9)18-2)22-16-8-12(20-4)11(19-3)7-15(16)21-13;;;/h5-8H,1-4H3;2*1H;/q;;;+2/p-2. The van der Waals surface area contributed by atoms with Gasteiger partial charge in [-0.05, 0) is 0 Å². The van der Waals surface area contributed by atoms with E-state index in [-0.39, 0.29) is 29.9 Å². The SMILES string of the molecule is COc1cc2c(cc1OC)[Se]c1cc(OC)c(OC)cc1[Se]2.[I][Pd][I]. The van der Waals surface area contributed by atoms with E-state index in [2.05, 4.69) is 63.3 Å². The van der Waals surface area contributed by atoms with Crippen molar-refractivity contribution in [1.29, 1.82) is 0 Å². The van der Waals surface area contributed by atoms with E-state index >= 15 is 0 Å². The third kappa shape index (κ3) is 5.41. The summed E-state index contributed by atoms with van der Waals surface area (Å²) in [5.41, 5.74) is 0. The molecule has 3 rings (SSSR count). The van der Waals surface area contributed by atoms with Crippen LogP contribution >= 0.6 is 39.0 Å². The molecule has 0 N–H and O–H groups in total. The van der Waals surface area contributed by atoms with E-state index in [0.717, 1.165) is 33.8 Å². The molecule has 4 nitrogen and oxygen atoms in total. The van der Waals surface area contributed by atoms with Crippen LogP contribution in [0.3, 0.4) is 0 Å². The van der Waals surface area contributed by atoms with Crippen LogP contribution in [0.25, 0.3) is 0 Å². The normalized spacial score (nSPS) is 11.6. The van der Waals surface area contributed by atoms with Gasteiger partial charge in [-0.25, -0.2) is 0 Å². The molecule has 0 unspecified atom stereocenters. The van der Waals surface area contributed by atoms with E-state index in [1.54, 1.807) is 28.4 Å². The van der Waals surface area contributed by atoms with Crippen LogP contribution in [0.2, 0.25) is 0 Å². The molecule has 0 aromatic heterocycles. The molecule has 2 aromatic carbocycles. The summed E-state index contributed by atoms with van der Waals surface area (Å²) >= 11 is 5.10. The zero-order valence-corrected chi connectivity index (χ0v) is 23.1. The molecule has 0 amide bonds. The predicted octanol–water partition coefficient (Wildman–Crippen LogP) is 1.11. The first-order valence-corrected chi connectivity index (χ1v) is 19.5. The molecule has 9 heteroatoms. The van der Waals surface area contributed by atoms with E-state index in [1.807, 2.05) is 0 Å². The first-order valence-electron chi connectivity index (χ1n) is 6.81. The summed E-state index contributed by atoms with van der Waals surface area (Å²) in [5.74, 6) is 3.18. The van der Waals surface area contributed by atoms with Crippen LogP contribution in [-0.2, 0) is 10.8 Å². The van der Waals surface area contributed by atoms with Crippen LogP contribution in [0.1, 0.15) is 0 Å². The number of fused-ring (bicyclic) bond motifs is 2. The van der Waals surface area contributed by atoms with Gasteiger partial charge in [0, 0.05) is 0 Å². The van der Waals surface area contributed by atoms with Gasteiger partial charge < -0.3 is 0 Å². The molecule has 0 aliphatic carbocycles. The summed E-state index contributed by atoms with van der Waals surface area (Å²) < 4.78 is 27.1. The quantitative estimate of drug-likeness (QED) is 0.294. The summed E-state index contributed by atoms with van der Waals surface area (Å²) in [6.45, 7) is 0. The molecule has 0 atom stereocenters. The number of benzene rings is 2. The number of halogens is 2. The monoisotopic (exact) mass is 792 g/mol. The molecule has 2 aromatic rings. The second-order valence-corrected chi connectivity index (χ2v) is 21.1. The van der Waals surface area contributed by atoms with E-state index in [4.69, 9.17) is 18.9 Å². The van der Waals surface area contributed by atoms with Crippen molar-refractivity contribution in [2.45, 2.75) is 0 Å². The molecular weight excluding hydrogens is 774 g/mol. The van der Waals surface area contributed by atoms with Crippen LogP contribution in [0, 0.1) is 0 Å². The van der Waals surface area contributed by atoms with Gasteiger partial charge >= 0.3 is 192 Å². The Labute approximate surface area is 189 Å². The van der Waals surface area contributed by atoms with Crippen LogP contribution in [0.5, 0.6) is 23.0 Å². The van der Waals surface area contributed by atoms with Gasteiger partial charge in [-0.2, -0.15) is 0 Å². The number of ether oxygens (including phenoxy) is 4. The van der Waals surface area contributed by atoms with Crippen molar-refractivity contribution in [3.63, 3.8) is 0 Å². The average molecular weight is 790 g/mol. The summed E-state index contributed by atoms with van der Waals surface area (Å²) in [6, 6.07) is 8.43. The van der Waals surface area contributed by atoms with Gasteiger partial charge in [0.25, 0.3) is 0 Å². The van der Waals surface area contributed by atoms with Gasteiger partial charge in [0.15, 0.2) is 0 Å². The number of hydrogen-bond donors (Lipinski definition) is 0. The molecule has 0 saturated heterocycles. The fourth-order valence-electron chi connectivity index (χ4n) is 2.24. The Morgan fingerprint density at radius 3 is 0.960 bits per heavy atom. The molecule has 0 saturated carbocycles.